The van der Waals surface area contributed by atoms with E-state index in [1.807, 2.05) is 0 Å². The zero-order valence-corrected chi connectivity index (χ0v) is 10.0. The minimum Gasteiger partial charge on any atom is -0.480 e. The fraction of sp³-hybridized carbons (Fsp3) is 0.889. The Morgan fingerprint density at radius 2 is 1.88 bits per heavy atom. The Bertz CT molecular complexity index is 322. The van der Waals surface area contributed by atoms with Crippen LogP contribution in [0.3, 0.4) is 0 Å². The molecule has 0 aromatic heterocycles. The number of carboxylic acid groups (broad SMARTS) is 1. The van der Waals surface area contributed by atoms with Gasteiger partial charge in [0.1, 0.15) is 0 Å². The molecule has 1 heterocycles. The number of piperidine rings is 1. The number of nitrogens with one attached hydrogen (secondary N) is 1. The van der Waals surface area contributed by atoms with E-state index in [4.69, 9.17) is 5.11 Å². The van der Waals surface area contributed by atoms with Crippen LogP contribution in [0.2, 0.25) is 0 Å². The molecular formula is C9H18N2O4S. The van der Waals surface area contributed by atoms with E-state index in [-0.39, 0.29) is 6.54 Å². The monoisotopic (exact) mass is 250 g/mol. The van der Waals surface area contributed by atoms with Gasteiger partial charge < -0.3 is 10.0 Å². The summed E-state index contributed by atoms with van der Waals surface area (Å²) in [5.74, 6) is -2.18. The van der Waals surface area contributed by atoms with Gasteiger partial charge in [-0.15, -0.1) is 0 Å². The van der Waals surface area contributed by atoms with Gasteiger partial charge in [-0.1, -0.05) is 6.42 Å². The summed E-state index contributed by atoms with van der Waals surface area (Å²) in [7, 11) is -3.66. The topological polar surface area (TPSA) is 86.7 Å². The van der Waals surface area contributed by atoms with Crippen LogP contribution in [-0.4, -0.2) is 56.3 Å². The molecule has 94 valence electrons. The Morgan fingerprint density at radius 1 is 1.25 bits per heavy atom. The summed E-state index contributed by atoms with van der Waals surface area (Å²) in [4.78, 5) is 12.4. The minimum atomic E-state index is -3.66. The molecule has 0 unspecified atom stereocenters. The second-order valence-corrected chi connectivity index (χ2v) is 5.76. The van der Waals surface area contributed by atoms with Crippen LogP contribution in [-0.2, 0) is 14.8 Å². The highest BCUT2D eigenvalue weighted by Crippen LogP contribution is 2.07. The number of rotatable bonds is 6. The van der Waals surface area contributed by atoms with Crippen molar-refractivity contribution < 1.29 is 18.3 Å². The molecule has 6 nitrogen and oxygen atoms in total. The molecule has 0 aromatic rings. The number of aliphatic carboxylic acids is 1. The first-order chi connectivity index (χ1) is 7.49. The van der Waals surface area contributed by atoms with Crippen LogP contribution in [0, 0.1) is 0 Å². The largest absolute Gasteiger partial charge is 0.480 e. The van der Waals surface area contributed by atoms with E-state index < -0.39 is 21.7 Å². The summed E-state index contributed by atoms with van der Waals surface area (Å²) >= 11 is 0. The quantitative estimate of drug-likeness (QED) is 0.662. The van der Waals surface area contributed by atoms with Gasteiger partial charge in [0.05, 0.1) is 0 Å². The Kier molecular flexibility index (Phi) is 5.17. The normalized spacial score (nSPS) is 18.5. The molecule has 16 heavy (non-hydrogen) atoms. The Morgan fingerprint density at radius 3 is 2.44 bits per heavy atom. The third-order valence-corrected chi connectivity index (χ3v) is 3.78. The first-order valence-electron chi connectivity index (χ1n) is 5.41. The molecule has 0 aromatic carbocycles. The second-order valence-electron chi connectivity index (χ2n) is 3.95. The zero-order chi connectivity index (χ0) is 12.0. The predicted molar refractivity (Wildman–Crippen MR) is 59.7 cm³/mol. The van der Waals surface area contributed by atoms with E-state index in [1.54, 1.807) is 0 Å². The minimum absolute atomic E-state index is 0.287. The molecule has 0 aliphatic carbocycles. The predicted octanol–water partition coefficient (Wildman–Crippen LogP) is -0.524. The number of carboxylic acids is 1. The van der Waals surface area contributed by atoms with Crippen molar-refractivity contribution in [3.63, 3.8) is 0 Å². The zero-order valence-electron chi connectivity index (χ0n) is 9.18. The average molecular weight is 250 g/mol. The van der Waals surface area contributed by atoms with Crippen LogP contribution in [0.5, 0.6) is 0 Å². The summed E-state index contributed by atoms with van der Waals surface area (Å²) in [5.41, 5.74) is 0. The molecule has 1 fully saturated rings. The molecule has 1 aliphatic rings. The van der Waals surface area contributed by atoms with Crippen molar-refractivity contribution >= 4 is 16.0 Å². The number of hydrogen-bond acceptors (Lipinski definition) is 4. The van der Waals surface area contributed by atoms with E-state index >= 15 is 0 Å². The summed E-state index contributed by atoms with van der Waals surface area (Å²) in [6.45, 7) is 2.94. The average Bonchev–Trinajstić information content (AvgIpc) is 2.16. The molecule has 7 heteroatoms. The van der Waals surface area contributed by atoms with E-state index in [9.17, 15) is 13.2 Å². The maximum atomic E-state index is 11.2. The molecule has 0 radical (unpaired) electrons. The molecule has 0 saturated carbocycles. The maximum Gasteiger partial charge on any atom is 0.320 e. The van der Waals surface area contributed by atoms with Gasteiger partial charge in [0.25, 0.3) is 0 Å². The van der Waals surface area contributed by atoms with Gasteiger partial charge in [-0.3, -0.25) is 4.79 Å². The second kappa shape index (κ2) is 6.17. The third-order valence-electron chi connectivity index (χ3n) is 2.51. The van der Waals surface area contributed by atoms with Crippen molar-refractivity contribution in [1.82, 2.24) is 9.62 Å². The van der Waals surface area contributed by atoms with E-state index in [0.717, 1.165) is 25.9 Å². The Labute approximate surface area is 95.7 Å². The first kappa shape index (κ1) is 13.4. The van der Waals surface area contributed by atoms with Crippen molar-refractivity contribution in [3.05, 3.63) is 0 Å². The molecule has 0 spiro atoms. The number of sulfonamides is 1. The molecule has 0 bridgehead atoms. The van der Waals surface area contributed by atoms with Gasteiger partial charge >= 0.3 is 5.97 Å². The van der Waals surface area contributed by atoms with E-state index in [0.29, 0.717) is 6.54 Å². The van der Waals surface area contributed by atoms with Gasteiger partial charge in [0, 0.05) is 13.1 Å². The fourth-order valence-corrected chi connectivity index (χ4v) is 2.59. The van der Waals surface area contributed by atoms with Crippen LogP contribution >= 0.6 is 0 Å². The summed E-state index contributed by atoms with van der Waals surface area (Å²) in [6.07, 6.45) is 3.55. The molecule has 0 amide bonds. The molecule has 2 N–H and O–H groups in total. The number of carbonyl (C=O) groups is 1. The van der Waals surface area contributed by atoms with Crippen molar-refractivity contribution in [3.8, 4) is 0 Å². The number of hydrogen-bond donors (Lipinski definition) is 2. The van der Waals surface area contributed by atoms with Gasteiger partial charge in [0.15, 0.2) is 5.75 Å². The Balaban J connectivity index is 2.21. The number of likely N-dealkylation sites (tertiary alicyclic amines) is 1. The molecule has 1 aliphatic heterocycles. The molecular weight excluding hydrogens is 232 g/mol. The standard InChI is InChI=1S/C9H18N2O4S/c12-9(13)8-16(14,15)10-4-7-11-5-2-1-3-6-11/h10H,1-8H2,(H,12,13). The Hall–Kier alpha value is -0.660. The van der Waals surface area contributed by atoms with Crippen molar-refractivity contribution in [1.29, 1.82) is 0 Å². The lowest BCUT2D eigenvalue weighted by atomic mass is 10.1. The molecule has 1 rings (SSSR count). The van der Waals surface area contributed by atoms with Gasteiger partial charge in [-0.25, -0.2) is 13.1 Å². The lowest BCUT2D eigenvalue weighted by Crippen LogP contribution is -2.39. The van der Waals surface area contributed by atoms with Gasteiger partial charge in [-0.05, 0) is 25.9 Å². The van der Waals surface area contributed by atoms with Crippen molar-refractivity contribution in [2.45, 2.75) is 19.3 Å². The maximum absolute atomic E-state index is 11.2. The van der Waals surface area contributed by atoms with Crippen LogP contribution < -0.4 is 4.72 Å². The van der Waals surface area contributed by atoms with Crippen molar-refractivity contribution in [2.75, 3.05) is 31.9 Å². The van der Waals surface area contributed by atoms with Gasteiger partial charge in [0.2, 0.25) is 10.0 Å². The SMILES string of the molecule is O=C(O)CS(=O)(=O)NCCN1CCCCC1. The highest BCUT2D eigenvalue weighted by molar-refractivity contribution is 7.90. The van der Waals surface area contributed by atoms with Gasteiger partial charge in [-0.2, -0.15) is 0 Å². The molecule has 0 atom stereocenters. The van der Waals surface area contributed by atoms with Crippen LogP contribution in [0.15, 0.2) is 0 Å². The third kappa shape index (κ3) is 5.43. The fourth-order valence-electron chi connectivity index (χ4n) is 1.76. The van der Waals surface area contributed by atoms with Crippen LogP contribution in [0.1, 0.15) is 19.3 Å². The van der Waals surface area contributed by atoms with Crippen LogP contribution in [0.4, 0.5) is 0 Å². The summed E-state index contributed by atoms with van der Waals surface area (Å²) in [6, 6.07) is 0. The van der Waals surface area contributed by atoms with E-state index in [1.165, 1.54) is 6.42 Å². The van der Waals surface area contributed by atoms with Crippen LogP contribution in [0.25, 0.3) is 0 Å². The first-order valence-corrected chi connectivity index (χ1v) is 7.06. The molecule has 1 saturated heterocycles. The van der Waals surface area contributed by atoms with E-state index in [2.05, 4.69) is 9.62 Å². The lowest BCUT2D eigenvalue weighted by Gasteiger charge is -2.26. The highest BCUT2D eigenvalue weighted by Gasteiger charge is 2.16. The highest BCUT2D eigenvalue weighted by atomic mass is 32.2. The lowest BCUT2D eigenvalue weighted by molar-refractivity contribution is -0.134. The number of nitrogens with zero attached hydrogens (tertiary/aromatic N) is 1. The summed E-state index contributed by atoms with van der Waals surface area (Å²) in [5, 5.41) is 8.37. The summed E-state index contributed by atoms with van der Waals surface area (Å²) < 4.78 is 24.6. The smallest absolute Gasteiger partial charge is 0.320 e. The van der Waals surface area contributed by atoms with Crippen molar-refractivity contribution in [2.24, 2.45) is 0 Å².